The Morgan fingerprint density at radius 2 is 2.12 bits per heavy atom. The molecule has 1 aliphatic heterocycles. The van der Waals surface area contributed by atoms with E-state index in [1.807, 2.05) is 0 Å². The average Bonchev–Trinajstić information content (AvgIpc) is 2.97. The lowest BCUT2D eigenvalue weighted by Crippen LogP contribution is -2.47. The Hall–Kier alpha value is -2.49. The first-order valence-corrected chi connectivity index (χ1v) is 7.03. The molecule has 1 N–H and O–H groups in total. The zero-order valence-electron chi connectivity index (χ0n) is 12.2. The van der Waals surface area contributed by atoms with Crippen molar-refractivity contribution in [3.8, 4) is 11.4 Å². The molecule has 0 spiro atoms. The van der Waals surface area contributed by atoms with E-state index in [1.54, 1.807) is 0 Å². The molecule has 1 fully saturated rings. The van der Waals surface area contributed by atoms with Gasteiger partial charge >= 0.3 is 6.18 Å². The molecule has 0 aliphatic carbocycles. The monoisotopic (exact) mass is 344 g/mol. The van der Waals surface area contributed by atoms with Crippen LogP contribution in [0.2, 0.25) is 0 Å². The van der Waals surface area contributed by atoms with Gasteiger partial charge < -0.3 is 14.7 Å². The summed E-state index contributed by atoms with van der Waals surface area (Å²) in [6.45, 7) is 1.42. The van der Waals surface area contributed by atoms with Crippen LogP contribution in [-0.2, 0) is 17.5 Å². The lowest BCUT2D eigenvalue weighted by atomic mass is 10.1. The maximum Gasteiger partial charge on any atom is 0.419 e. The number of amides is 1. The number of nitrogens with one attached hydrogen (secondary N) is 1. The number of carbonyl (C=O) groups is 1. The van der Waals surface area contributed by atoms with Crippen LogP contribution in [0.5, 0.6) is 0 Å². The maximum atomic E-state index is 13.6. The Balaban J connectivity index is 1.78. The highest BCUT2D eigenvalue weighted by molar-refractivity contribution is 5.78. The molecule has 0 bridgehead atoms. The van der Waals surface area contributed by atoms with Gasteiger partial charge in [0.15, 0.2) is 0 Å². The summed E-state index contributed by atoms with van der Waals surface area (Å²) in [4.78, 5) is 17.2. The number of halogens is 4. The van der Waals surface area contributed by atoms with E-state index in [0.29, 0.717) is 25.2 Å². The lowest BCUT2D eigenvalue weighted by molar-refractivity contribution is -0.140. The molecule has 24 heavy (non-hydrogen) atoms. The Bertz CT molecular complexity index is 759. The van der Waals surface area contributed by atoms with Gasteiger partial charge in [0.2, 0.25) is 17.6 Å². The number of hydrogen-bond donors (Lipinski definition) is 1. The Kier molecular flexibility index (Phi) is 4.22. The first-order chi connectivity index (χ1) is 11.3. The second kappa shape index (κ2) is 6.19. The second-order valence-electron chi connectivity index (χ2n) is 5.20. The lowest BCUT2D eigenvalue weighted by Gasteiger charge is -2.25. The Morgan fingerprint density at radius 1 is 1.33 bits per heavy atom. The molecule has 0 unspecified atom stereocenters. The zero-order chi connectivity index (χ0) is 17.3. The third-order valence-corrected chi connectivity index (χ3v) is 3.51. The van der Waals surface area contributed by atoms with Crippen LogP contribution in [0.25, 0.3) is 11.4 Å². The fourth-order valence-electron chi connectivity index (χ4n) is 2.30. The van der Waals surface area contributed by atoms with E-state index in [4.69, 9.17) is 4.52 Å². The van der Waals surface area contributed by atoms with E-state index in [2.05, 4.69) is 15.5 Å². The van der Waals surface area contributed by atoms with Crippen LogP contribution in [0.3, 0.4) is 0 Å². The predicted molar refractivity (Wildman–Crippen MR) is 73.0 cm³/mol. The summed E-state index contributed by atoms with van der Waals surface area (Å²) in [6, 6.07) is 2.39. The molecule has 0 saturated carbocycles. The molecule has 0 atom stereocenters. The van der Waals surface area contributed by atoms with Gasteiger partial charge in [-0.15, -0.1) is 0 Å². The van der Waals surface area contributed by atoms with Gasteiger partial charge in [0.1, 0.15) is 12.4 Å². The summed E-state index contributed by atoms with van der Waals surface area (Å²) in [5, 5.41) is 6.54. The highest BCUT2D eigenvalue weighted by atomic mass is 19.4. The number of rotatable bonds is 3. The molecule has 2 aromatic rings. The molecule has 1 saturated heterocycles. The van der Waals surface area contributed by atoms with Crippen LogP contribution in [0.1, 0.15) is 11.5 Å². The van der Waals surface area contributed by atoms with Crippen molar-refractivity contribution in [2.45, 2.75) is 12.7 Å². The Labute approximate surface area is 133 Å². The molecule has 128 valence electrons. The maximum absolute atomic E-state index is 13.6. The summed E-state index contributed by atoms with van der Waals surface area (Å²) in [5.41, 5.74) is -1.30. The van der Waals surface area contributed by atoms with Crippen molar-refractivity contribution in [1.82, 2.24) is 20.4 Å². The van der Waals surface area contributed by atoms with Gasteiger partial charge in [-0.25, -0.2) is 4.39 Å². The van der Waals surface area contributed by atoms with Crippen molar-refractivity contribution in [2.24, 2.45) is 0 Å². The van der Waals surface area contributed by atoms with E-state index in [-0.39, 0.29) is 36.3 Å². The molecule has 1 aromatic carbocycles. The number of benzene rings is 1. The highest BCUT2D eigenvalue weighted by Gasteiger charge is 2.34. The van der Waals surface area contributed by atoms with Crippen molar-refractivity contribution >= 4 is 5.91 Å². The van der Waals surface area contributed by atoms with E-state index in [0.717, 1.165) is 6.07 Å². The summed E-state index contributed by atoms with van der Waals surface area (Å²) >= 11 is 0. The van der Waals surface area contributed by atoms with E-state index in [1.165, 1.54) is 4.90 Å². The minimum Gasteiger partial charge on any atom is -0.337 e. The van der Waals surface area contributed by atoms with E-state index < -0.39 is 17.6 Å². The van der Waals surface area contributed by atoms with Gasteiger partial charge in [0.05, 0.1) is 12.1 Å². The Morgan fingerprint density at radius 3 is 2.79 bits per heavy atom. The average molecular weight is 344 g/mol. The van der Waals surface area contributed by atoms with Crippen LogP contribution in [-0.4, -0.2) is 40.6 Å². The summed E-state index contributed by atoms with van der Waals surface area (Å²) < 4.78 is 56.2. The summed E-state index contributed by atoms with van der Waals surface area (Å²) in [6.07, 6.45) is -4.77. The van der Waals surface area contributed by atoms with Gasteiger partial charge in [-0.05, 0) is 12.1 Å². The fourth-order valence-corrected chi connectivity index (χ4v) is 2.30. The van der Waals surface area contributed by atoms with Gasteiger partial charge in [0, 0.05) is 18.7 Å². The topological polar surface area (TPSA) is 71.3 Å². The molecular formula is C14H12F4N4O2. The van der Waals surface area contributed by atoms with Crippen LogP contribution < -0.4 is 5.32 Å². The molecule has 6 nitrogen and oxygen atoms in total. The largest absolute Gasteiger partial charge is 0.419 e. The molecule has 0 radical (unpaired) electrons. The second-order valence-corrected chi connectivity index (χ2v) is 5.20. The van der Waals surface area contributed by atoms with Gasteiger partial charge in [-0.3, -0.25) is 4.79 Å². The number of hydrogen-bond acceptors (Lipinski definition) is 5. The van der Waals surface area contributed by atoms with Crippen LogP contribution in [0.4, 0.5) is 17.6 Å². The quantitative estimate of drug-likeness (QED) is 0.860. The fraction of sp³-hybridized carbons (Fsp3) is 0.357. The van der Waals surface area contributed by atoms with Crippen molar-refractivity contribution in [2.75, 3.05) is 19.6 Å². The highest BCUT2D eigenvalue weighted by Crippen LogP contribution is 2.33. The third kappa shape index (κ3) is 3.37. The van der Waals surface area contributed by atoms with Crippen molar-refractivity contribution in [3.05, 3.63) is 35.5 Å². The number of carbonyl (C=O) groups excluding carboxylic acids is 1. The van der Waals surface area contributed by atoms with Gasteiger partial charge in [-0.1, -0.05) is 11.2 Å². The van der Waals surface area contributed by atoms with Crippen LogP contribution in [0.15, 0.2) is 22.7 Å². The number of nitrogens with zero attached hydrogens (tertiary/aromatic N) is 3. The molecular weight excluding hydrogens is 332 g/mol. The van der Waals surface area contributed by atoms with Crippen molar-refractivity contribution < 1.29 is 26.9 Å². The minimum atomic E-state index is -4.77. The standard InChI is InChI=1S/C14H12F4N4O2/c15-10-5-8(1-2-9(10)14(16,17)18)13-20-11(24-21-13)7-22-4-3-19-6-12(22)23/h1-2,5,19H,3-4,6-7H2. The van der Waals surface area contributed by atoms with Crippen molar-refractivity contribution in [1.29, 1.82) is 0 Å². The first kappa shape index (κ1) is 16.4. The third-order valence-electron chi connectivity index (χ3n) is 3.51. The van der Waals surface area contributed by atoms with Crippen LogP contribution >= 0.6 is 0 Å². The van der Waals surface area contributed by atoms with Gasteiger partial charge in [0.25, 0.3) is 0 Å². The first-order valence-electron chi connectivity index (χ1n) is 7.03. The zero-order valence-corrected chi connectivity index (χ0v) is 12.2. The van der Waals surface area contributed by atoms with Crippen molar-refractivity contribution in [3.63, 3.8) is 0 Å². The van der Waals surface area contributed by atoms with E-state index >= 15 is 0 Å². The van der Waals surface area contributed by atoms with Crippen LogP contribution in [0, 0.1) is 5.82 Å². The minimum absolute atomic E-state index is 0.0415. The molecule has 1 aliphatic rings. The number of alkyl halides is 3. The number of aromatic nitrogens is 2. The number of piperazine rings is 1. The molecule has 10 heteroatoms. The summed E-state index contributed by atoms with van der Waals surface area (Å²) in [5.74, 6) is -1.45. The molecule has 2 heterocycles. The smallest absolute Gasteiger partial charge is 0.337 e. The molecule has 1 amide bonds. The normalized spacial score (nSPS) is 15.8. The van der Waals surface area contributed by atoms with E-state index in [9.17, 15) is 22.4 Å². The SMILES string of the molecule is O=C1CNCCN1Cc1nc(-c2ccc(C(F)(F)F)c(F)c2)no1. The predicted octanol–water partition coefficient (Wildman–Crippen LogP) is 1.83. The summed E-state index contributed by atoms with van der Waals surface area (Å²) in [7, 11) is 0. The molecule has 3 rings (SSSR count). The van der Waals surface area contributed by atoms with Gasteiger partial charge in [-0.2, -0.15) is 18.2 Å². The molecule has 1 aromatic heterocycles.